The van der Waals surface area contributed by atoms with E-state index in [2.05, 4.69) is 28.2 Å². The Morgan fingerprint density at radius 2 is 2.26 bits per heavy atom. The monoisotopic (exact) mass is 330 g/mol. The summed E-state index contributed by atoms with van der Waals surface area (Å²) in [5, 5.41) is 14.2. The average Bonchev–Trinajstić information content (AvgIpc) is 2.37. The van der Waals surface area contributed by atoms with Gasteiger partial charge in [0.25, 0.3) is 5.69 Å². The number of nitrogens with one attached hydrogen (secondary N) is 1. The van der Waals surface area contributed by atoms with Crippen LogP contribution in [0.1, 0.15) is 25.3 Å². The number of hydrogen-bond donors (Lipinski definition) is 1. The summed E-state index contributed by atoms with van der Waals surface area (Å²) in [6.07, 6.45) is 2.08. The van der Waals surface area contributed by atoms with Crippen LogP contribution in [-0.4, -0.2) is 24.7 Å². The molecule has 5 nitrogen and oxygen atoms in total. The van der Waals surface area contributed by atoms with Crippen LogP contribution in [0.3, 0.4) is 0 Å². The summed E-state index contributed by atoms with van der Waals surface area (Å²) in [5.74, 6) is 0. The van der Waals surface area contributed by atoms with Crippen LogP contribution in [-0.2, 0) is 11.3 Å². The van der Waals surface area contributed by atoms with Gasteiger partial charge in [0, 0.05) is 25.8 Å². The van der Waals surface area contributed by atoms with Crippen molar-refractivity contribution in [3.63, 3.8) is 0 Å². The molecular formula is C13H19BrN2O3. The van der Waals surface area contributed by atoms with E-state index in [0.717, 1.165) is 18.4 Å². The summed E-state index contributed by atoms with van der Waals surface area (Å²) in [5.41, 5.74) is 0.976. The molecular weight excluding hydrogens is 312 g/mol. The molecule has 0 radical (unpaired) electrons. The van der Waals surface area contributed by atoms with E-state index >= 15 is 0 Å². The number of hydrogen-bond acceptors (Lipinski definition) is 4. The van der Waals surface area contributed by atoms with E-state index in [4.69, 9.17) is 4.74 Å². The van der Waals surface area contributed by atoms with E-state index in [1.807, 2.05) is 6.07 Å². The Kier molecular flexibility index (Phi) is 6.97. The maximum atomic E-state index is 10.9. The van der Waals surface area contributed by atoms with Gasteiger partial charge in [-0.2, -0.15) is 0 Å². The molecule has 0 saturated heterocycles. The molecule has 0 bridgehead atoms. The van der Waals surface area contributed by atoms with E-state index in [0.29, 0.717) is 17.6 Å². The number of rotatable bonds is 8. The minimum Gasteiger partial charge on any atom is -0.383 e. The lowest BCUT2D eigenvalue weighted by Gasteiger charge is -2.17. The SMILES string of the molecule is CCCC(COC)NCc1cccc([N+](=O)[O-])c1Br. The number of nitro groups is 1. The Bertz CT molecular complexity index is 420. The molecule has 0 fully saturated rings. The Hall–Kier alpha value is -0.980. The van der Waals surface area contributed by atoms with Crippen molar-refractivity contribution in [1.29, 1.82) is 0 Å². The van der Waals surface area contributed by atoms with Crippen LogP contribution in [0.4, 0.5) is 5.69 Å². The molecule has 0 aliphatic heterocycles. The van der Waals surface area contributed by atoms with E-state index in [-0.39, 0.29) is 16.7 Å². The summed E-state index contributed by atoms with van der Waals surface area (Å²) in [6.45, 7) is 3.34. The maximum Gasteiger partial charge on any atom is 0.283 e. The summed E-state index contributed by atoms with van der Waals surface area (Å²) < 4.78 is 5.70. The highest BCUT2D eigenvalue weighted by Gasteiger charge is 2.15. The van der Waals surface area contributed by atoms with Gasteiger partial charge in [0.15, 0.2) is 0 Å². The minimum atomic E-state index is -0.383. The van der Waals surface area contributed by atoms with Crippen molar-refractivity contribution in [3.8, 4) is 0 Å². The summed E-state index contributed by atoms with van der Waals surface area (Å²) in [4.78, 5) is 10.5. The largest absolute Gasteiger partial charge is 0.383 e. The van der Waals surface area contributed by atoms with Crippen LogP contribution in [0, 0.1) is 10.1 Å². The van der Waals surface area contributed by atoms with Gasteiger partial charge < -0.3 is 10.1 Å². The van der Waals surface area contributed by atoms with Gasteiger partial charge in [-0.05, 0) is 27.9 Å². The van der Waals surface area contributed by atoms with Gasteiger partial charge in [0.2, 0.25) is 0 Å². The normalized spacial score (nSPS) is 12.4. The highest BCUT2D eigenvalue weighted by molar-refractivity contribution is 9.10. The second kappa shape index (κ2) is 8.24. The molecule has 1 rings (SSSR count). The molecule has 106 valence electrons. The fraction of sp³-hybridized carbons (Fsp3) is 0.538. The van der Waals surface area contributed by atoms with Gasteiger partial charge in [-0.3, -0.25) is 10.1 Å². The third-order valence-corrected chi connectivity index (χ3v) is 3.76. The van der Waals surface area contributed by atoms with Gasteiger partial charge in [-0.15, -0.1) is 0 Å². The van der Waals surface area contributed by atoms with E-state index in [9.17, 15) is 10.1 Å². The lowest BCUT2D eigenvalue weighted by Crippen LogP contribution is -2.32. The molecule has 0 aromatic heterocycles. The first-order chi connectivity index (χ1) is 9.10. The van der Waals surface area contributed by atoms with Crippen LogP contribution >= 0.6 is 15.9 Å². The standard InChI is InChI=1S/C13H19BrN2O3/c1-3-5-11(9-19-2)15-8-10-6-4-7-12(13(10)14)16(17)18/h4,6-7,11,15H,3,5,8-9H2,1-2H3. The molecule has 1 aromatic carbocycles. The number of methoxy groups -OCH3 is 1. The topological polar surface area (TPSA) is 64.4 Å². The molecule has 1 N–H and O–H groups in total. The van der Waals surface area contributed by atoms with E-state index in [1.165, 1.54) is 6.07 Å². The minimum absolute atomic E-state index is 0.0954. The molecule has 0 amide bonds. The molecule has 6 heteroatoms. The number of ether oxygens (including phenoxy) is 1. The number of nitro benzene ring substituents is 1. The summed E-state index contributed by atoms with van der Waals surface area (Å²) in [6, 6.07) is 5.33. The van der Waals surface area contributed by atoms with Crippen molar-refractivity contribution in [2.45, 2.75) is 32.4 Å². The van der Waals surface area contributed by atoms with Crippen molar-refractivity contribution in [3.05, 3.63) is 38.3 Å². The molecule has 19 heavy (non-hydrogen) atoms. The van der Waals surface area contributed by atoms with Gasteiger partial charge in [0.1, 0.15) is 0 Å². The summed E-state index contributed by atoms with van der Waals surface area (Å²) in [7, 11) is 1.67. The molecule has 1 aromatic rings. The molecule has 0 aliphatic carbocycles. The fourth-order valence-electron chi connectivity index (χ4n) is 1.89. The van der Waals surface area contributed by atoms with Crippen LogP contribution in [0.25, 0.3) is 0 Å². The van der Waals surface area contributed by atoms with Gasteiger partial charge in [-0.25, -0.2) is 0 Å². The average molecular weight is 331 g/mol. The fourth-order valence-corrected chi connectivity index (χ4v) is 2.44. The van der Waals surface area contributed by atoms with Crippen molar-refractivity contribution in [2.75, 3.05) is 13.7 Å². The predicted molar refractivity (Wildman–Crippen MR) is 78.2 cm³/mol. The zero-order valence-electron chi connectivity index (χ0n) is 11.2. The Labute approximate surface area is 121 Å². The van der Waals surface area contributed by atoms with Crippen molar-refractivity contribution in [1.82, 2.24) is 5.32 Å². The molecule has 1 unspecified atom stereocenters. The van der Waals surface area contributed by atoms with Gasteiger partial charge >= 0.3 is 0 Å². The first-order valence-electron chi connectivity index (χ1n) is 6.24. The summed E-state index contributed by atoms with van der Waals surface area (Å²) >= 11 is 3.30. The maximum absolute atomic E-state index is 10.9. The zero-order chi connectivity index (χ0) is 14.3. The van der Waals surface area contributed by atoms with Crippen LogP contribution in [0.5, 0.6) is 0 Å². The molecule has 0 saturated carbocycles. The first-order valence-corrected chi connectivity index (χ1v) is 7.03. The lowest BCUT2D eigenvalue weighted by molar-refractivity contribution is -0.385. The number of benzene rings is 1. The van der Waals surface area contributed by atoms with Crippen molar-refractivity contribution < 1.29 is 9.66 Å². The van der Waals surface area contributed by atoms with Crippen LogP contribution in [0.2, 0.25) is 0 Å². The van der Waals surface area contributed by atoms with E-state index in [1.54, 1.807) is 13.2 Å². The Balaban J connectivity index is 2.71. The van der Waals surface area contributed by atoms with Crippen molar-refractivity contribution >= 4 is 21.6 Å². The quantitative estimate of drug-likeness (QED) is 0.587. The van der Waals surface area contributed by atoms with Gasteiger partial charge in [0.05, 0.1) is 16.0 Å². The smallest absolute Gasteiger partial charge is 0.283 e. The second-order valence-corrected chi connectivity index (χ2v) is 5.12. The number of nitrogens with zero attached hydrogens (tertiary/aromatic N) is 1. The molecule has 0 heterocycles. The van der Waals surface area contributed by atoms with E-state index < -0.39 is 0 Å². The first kappa shape index (κ1) is 16.1. The lowest BCUT2D eigenvalue weighted by atomic mass is 10.1. The predicted octanol–water partition coefficient (Wildman–Crippen LogP) is 3.26. The zero-order valence-corrected chi connectivity index (χ0v) is 12.8. The Morgan fingerprint density at radius 3 is 2.84 bits per heavy atom. The van der Waals surface area contributed by atoms with Gasteiger partial charge in [-0.1, -0.05) is 25.5 Å². The third-order valence-electron chi connectivity index (χ3n) is 2.84. The molecule has 0 spiro atoms. The third kappa shape index (κ3) is 4.89. The van der Waals surface area contributed by atoms with Crippen LogP contribution < -0.4 is 5.32 Å². The van der Waals surface area contributed by atoms with Crippen molar-refractivity contribution in [2.24, 2.45) is 0 Å². The molecule has 1 atom stereocenters. The number of halogens is 1. The van der Waals surface area contributed by atoms with Crippen LogP contribution in [0.15, 0.2) is 22.7 Å². The molecule has 0 aliphatic rings. The highest BCUT2D eigenvalue weighted by Crippen LogP contribution is 2.28. The second-order valence-electron chi connectivity index (χ2n) is 4.33. The highest BCUT2D eigenvalue weighted by atomic mass is 79.9. The Morgan fingerprint density at radius 1 is 1.53 bits per heavy atom.